The van der Waals surface area contributed by atoms with E-state index in [4.69, 9.17) is 4.74 Å². The van der Waals surface area contributed by atoms with Crippen LogP contribution in [0, 0.1) is 6.92 Å². The lowest BCUT2D eigenvalue weighted by atomic mass is 10.1. The van der Waals surface area contributed by atoms with Crippen molar-refractivity contribution in [3.05, 3.63) is 77.6 Å². The average molecular weight is 376 g/mol. The van der Waals surface area contributed by atoms with Gasteiger partial charge in [0.25, 0.3) is 5.91 Å². The zero-order chi connectivity index (χ0) is 19.9. The summed E-state index contributed by atoms with van der Waals surface area (Å²) in [6, 6.07) is 19.1. The number of rotatable bonds is 7. The van der Waals surface area contributed by atoms with Gasteiger partial charge in [-0.1, -0.05) is 30.3 Å². The number of carbonyl (C=O) groups excluding carboxylic acids is 1. The molecule has 0 saturated heterocycles. The first-order valence-corrected chi connectivity index (χ1v) is 9.12. The van der Waals surface area contributed by atoms with Gasteiger partial charge in [0.05, 0.1) is 7.11 Å². The molecule has 144 valence electrons. The topological polar surface area (TPSA) is 67.3 Å². The zero-order valence-corrected chi connectivity index (χ0v) is 16.3. The second kappa shape index (κ2) is 8.99. The molecule has 1 aromatic heterocycles. The molecule has 1 heterocycles. The van der Waals surface area contributed by atoms with E-state index in [-0.39, 0.29) is 5.91 Å². The Hall–Kier alpha value is -3.41. The Bertz CT molecular complexity index is 927. The van der Waals surface area contributed by atoms with Gasteiger partial charge in [-0.2, -0.15) is 0 Å². The Balaban J connectivity index is 1.66. The van der Waals surface area contributed by atoms with E-state index in [9.17, 15) is 4.79 Å². The van der Waals surface area contributed by atoms with Crippen LogP contribution in [0.4, 0.5) is 11.6 Å². The molecular weight excluding hydrogens is 352 g/mol. The van der Waals surface area contributed by atoms with Crippen molar-refractivity contribution in [1.82, 2.24) is 9.97 Å². The van der Waals surface area contributed by atoms with Gasteiger partial charge in [-0.25, -0.2) is 9.97 Å². The molecule has 6 nitrogen and oxygen atoms in total. The van der Waals surface area contributed by atoms with Gasteiger partial charge in [0.15, 0.2) is 0 Å². The van der Waals surface area contributed by atoms with Crippen LogP contribution >= 0.6 is 0 Å². The van der Waals surface area contributed by atoms with Crippen LogP contribution < -0.4 is 15.0 Å². The van der Waals surface area contributed by atoms with E-state index in [1.165, 1.54) is 5.56 Å². The van der Waals surface area contributed by atoms with E-state index < -0.39 is 0 Å². The minimum atomic E-state index is -0.171. The summed E-state index contributed by atoms with van der Waals surface area (Å²) in [4.78, 5) is 23.2. The number of carbonyl (C=O) groups is 1. The lowest BCUT2D eigenvalue weighted by Crippen LogP contribution is -2.27. The van der Waals surface area contributed by atoms with Crippen molar-refractivity contribution in [2.45, 2.75) is 13.3 Å². The number of anilines is 2. The summed E-state index contributed by atoms with van der Waals surface area (Å²) in [5.74, 6) is 1.12. The molecule has 0 bridgehead atoms. The Kier molecular flexibility index (Phi) is 6.22. The summed E-state index contributed by atoms with van der Waals surface area (Å²) in [7, 11) is 3.39. The fourth-order valence-electron chi connectivity index (χ4n) is 2.81. The highest BCUT2D eigenvalue weighted by Crippen LogP contribution is 2.16. The molecule has 0 aliphatic carbocycles. The Morgan fingerprint density at radius 2 is 1.79 bits per heavy atom. The van der Waals surface area contributed by atoms with Gasteiger partial charge in [0, 0.05) is 25.0 Å². The molecule has 0 atom stereocenters. The highest BCUT2D eigenvalue weighted by Gasteiger charge is 2.16. The first-order valence-electron chi connectivity index (χ1n) is 9.12. The first kappa shape index (κ1) is 19.4. The number of aryl methyl sites for hydroxylation is 1. The van der Waals surface area contributed by atoms with Gasteiger partial charge < -0.3 is 15.0 Å². The Morgan fingerprint density at radius 3 is 2.46 bits per heavy atom. The van der Waals surface area contributed by atoms with Crippen LogP contribution in [0.5, 0.6) is 5.75 Å². The molecule has 0 fully saturated rings. The van der Waals surface area contributed by atoms with E-state index in [0.717, 1.165) is 23.6 Å². The molecule has 0 radical (unpaired) electrons. The Labute approximate surface area is 165 Å². The number of hydrogen-bond donors (Lipinski definition) is 1. The maximum absolute atomic E-state index is 12.8. The van der Waals surface area contributed by atoms with Crippen molar-refractivity contribution in [2.75, 3.05) is 30.9 Å². The lowest BCUT2D eigenvalue weighted by molar-refractivity contribution is 0.0988. The fraction of sp³-hybridized carbons (Fsp3) is 0.227. The third-order valence-electron chi connectivity index (χ3n) is 4.38. The minimum Gasteiger partial charge on any atom is -0.497 e. The molecule has 0 aliphatic rings. The maximum atomic E-state index is 12.8. The molecule has 1 amide bonds. The van der Waals surface area contributed by atoms with Crippen molar-refractivity contribution >= 4 is 17.5 Å². The maximum Gasteiger partial charge on any atom is 0.276 e. The number of hydrogen-bond acceptors (Lipinski definition) is 5. The normalized spacial score (nSPS) is 10.4. The van der Waals surface area contributed by atoms with Crippen LogP contribution in [-0.4, -0.2) is 36.6 Å². The number of benzene rings is 2. The van der Waals surface area contributed by atoms with Crippen LogP contribution in [0.15, 0.2) is 60.7 Å². The average Bonchev–Trinajstić information content (AvgIpc) is 2.73. The minimum absolute atomic E-state index is 0.171. The molecule has 0 aliphatic heterocycles. The van der Waals surface area contributed by atoms with Crippen LogP contribution in [0.2, 0.25) is 0 Å². The van der Waals surface area contributed by atoms with E-state index in [1.807, 2.05) is 61.5 Å². The predicted molar refractivity (Wildman–Crippen MR) is 111 cm³/mol. The van der Waals surface area contributed by atoms with E-state index in [0.29, 0.717) is 18.2 Å². The molecule has 3 rings (SSSR count). The van der Waals surface area contributed by atoms with Crippen molar-refractivity contribution in [3.8, 4) is 5.75 Å². The van der Waals surface area contributed by atoms with Crippen LogP contribution in [0.25, 0.3) is 0 Å². The summed E-state index contributed by atoms with van der Waals surface area (Å²) in [5.41, 5.74) is 3.11. The van der Waals surface area contributed by atoms with Crippen molar-refractivity contribution < 1.29 is 9.53 Å². The Morgan fingerprint density at radius 1 is 1.07 bits per heavy atom. The largest absolute Gasteiger partial charge is 0.497 e. The van der Waals surface area contributed by atoms with Gasteiger partial charge in [-0.15, -0.1) is 0 Å². The van der Waals surface area contributed by atoms with Crippen molar-refractivity contribution in [1.29, 1.82) is 0 Å². The number of methoxy groups -OCH3 is 1. The third kappa shape index (κ3) is 4.85. The predicted octanol–water partition coefficient (Wildman–Crippen LogP) is 3.72. The zero-order valence-electron chi connectivity index (χ0n) is 16.3. The second-order valence-corrected chi connectivity index (χ2v) is 6.44. The summed E-state index contributed by atoms with van der Waals surface area (Å²) in [6.07, 6.45) is 0.814. The van der Waals surface area contributed by atoms with Crippen LogP contribution in [0.1, 0.15) is 21.7 Å². The highest BCUT2D eigenvalue weighted by molar-refractivity contribution is 6.04. The van der Waals surface area contributed by atoms with Gasteiger partial charge in [0.2, 0.25) is 5.95 Å². The summed E-state index contributed by atoms with van der Waals surface area (Å²) in [6.45, 7) is 2.52. The summed E-state index contributed by atoms with van der Waals surface area (Å²) < 4.78 is 5.17. The molecule has 3 aromatic rings. The number of nitrogens with one attached hydrogen (secondary N) is 1. The quantitative estimate of drug-likeness (QED) is 0.681. The van der Waals surface area contributed by atoms with Crippen LogP contribution in [0.3, 0.4) is 0 Å². The molecule has 28 heavy (non-hydrogen) atoms. The highest BCUT2D eigenvalue weighted by atomic mass is 16.5. The molecule has 0 saturated carbocycles. The van der Waals surface area contributed by atoms with Crippen molar-refractivity contribution in [3.63, 3.8) is 0 Å². The monoisotopic (exact) mass is 376 g/mol. The van der Waals surface area contributed by atoms with E-state index in [2.05, 4.69) is 15.3 Å². The molecule has 0 unspecified atom stereocenters. The number of ether oxygens (including phenoxy) is 1. The third-order valence-corrected chi connectivity index (χ3v) is 4.38. The standard InChI is InChI=1S/C22H24N4O2/c1-16-15-20(21(27)26(2)18-7-5-4-6-8-18)25-22(24-16)23-14-13-17-9-11-19(28-3)12-10-17/h4-12,15H,13-14H2,1-3H3,(H,23,24,25). The lowest BCUT2D eigenvalue weighted by Gasteiger charge is -2.17. The summed E-state index contributed by atoms with van der Waals surface area (Å²) in [5, 5.41) is 3.21. The number of para-hydroxylation sites is 1. The molecule has 0 spiro atoms. The van der Waals surface area contributed by atoms with E-state index >= 15 is 0 Å². The number of aromatic nitrogens is 2. The smallest absolute Gasteiger partial charge is 0.276 e. The van der Waals surface area contributed by atoms with Gasteiger partial charge in [-0.05, 0) is 49.2 Å². The molecule has 2 aromatic carbocycles. The SMILES string of the molecule is COc1ccc(CCNc2nc(C)cc(C(=O)N(C)c3ccccc3)n2)cc1. The van der Waals surface area contributed by atoms with Crippen molar-refractivity contribution in [2.24, 2.45) is 0 Å². The van der Waals surface area contributed by atoms with Gasteiger partial charge in [0.1, 0.15) is 11.4 Å². The second-order valence-electron chi connectivity index (χ2n) is 6.44. The number of amides is 1. The molecule has 6 heteroatoms. The number of nitrogens with zero attached hydrogens (tertiary/aromatic N) is 3. The van der Waals surface area contributed by atoms with E-state index in [1.54, 1.807) is 25.1 Å². The summed E-state index contributed by atoms with van der Waals surface area (Å²) >= 11 is 0. The van der Waals surface area contributed by atoms with Gasteiger partial charge in [-0.3, -0.25) is 4.79 Å². The molecular formula is C22H24N4O2. The fourth-order valence-corrected chi connectivity index (χ4v) is 2.81. The first-order chi connectivity index (χ1) is 13.6. The molecule has 1 N–H and O–H groups in total. The van der Waals surface area contributed by atoms with Crippen LogP contribution in [-0.2, 0) is 6.42 Å². The van der Waals surface area contributed by atoms with Gasteiger partial charge >= 0.3 is 0 Å².